The zero-order valence-electron chi connectivity index (χ0n) is 10.9. The van der Waals surface area contributed by atoms with Crippen molar-refractivity contribution in [3.8, 4) is 0 Å². The van der Waals surface area contributed by atoms with Crippen molar-refractivity contribution in [3.05, 3.63) is 53.5 Å². The average molecular weight is 269 g/mol. The Hall–Kier alpha value is -2.76. The number of nitrogens with one attached hydrogen (secondary N) is 2. The SMILES string of the molecule is Cc1ccc(NCN2C(=O)c3cccnc3C2=O)[nH+]c1. The molecular formula is C14H13N4O2+. The molecule has 2 aromatic heterocycles. The van der Waals surface area contributed by atoms with Gasteiger partial charge in [0, 0.05) is 12.3 Å². The summed E-state index contributed by atoms with van der Waals surface area (Å²) in [6.45, 7) is 2.07. The predicted octanol–water partition coefficient (Wildman–Crippen LogP) is 0.870. The molecule has 3 heterocycles. The van der Waals surface area contributed by atoms with Crippen molar-refractivity contribution in [3.63, 3.8) is 0 Å². The van der Waals surface area contributed by atoms with Crippen LogP contribution >= 0.6 is 0 Å². The quantitative estimate of drug-likeness (QED) is 0.839. The highest BCUT2D eigenvalue weighted by molar-refractivity contribution is 6.20. The van der Waals surface area contributed by atoms with E-state index < -0.39 is 0 Å². The number of H-pyrrole nitrogens is 1. The highest BCUT2D eigenvalue weighted by Gasteiger charge is 2.37. The standard InChI is InChI=1S/C14H12N4O2/c1-9-4-5-11(16-7-9)17-8-18-13(19)10-3-2-6-15-12(10)14(18)20/h2-7H,8H2,1H3,(H,16,17)/p+1. The van der Waals surface area contributed by atoms with Crippen LogP contribution in [0.4, 0.5) is 5.82 Å². The van der Waals surface area contributed by atoms with E-state index >= 15 is 0 Å². The molecule has 0 saturated heterocycles. The second-order valence-corrected chi connectivity index (χ2v) is 4.55. The number of nitrogens with zero attached hydrogens (tertiary/aromatic N) is 2. The molecule has 0 aliphatic carbocycles. The highest BCUT2D eigenvalue weighted by Crippen LogP contribution is 2.19. The summed E-state index contributed by atoms with van der Waals surface area (Å²) in [5.41, 5.74) is 1.67. The Labute approximate surface area is 115 Å². The zero-order chi connectivity index (χ0) is 14.1. The number of rotatable bonds is 3. The molecule has 3 rings (SSSR count). The summed E-state index contributed by atoms with van der Waals surface area (Å²) in [6, 6.07) is 7.05. The van der Waals surface area contributed by atoms with Gasteiger partial charge in [0.1, 0.15) is 5.69 Å². The number of aryl methyl sites for hydroxylation is 1. The van der Waals surface area contributed by atoms with Gasteiger partial charge in [-0.1, -0.05) is 0 Å². The van der Waals surface area contributed by atoms with Crippen LogP contribution in [-0.4, -0.2) is 28.4 Å². The zero-order valence-corrected chi connectivity index (χ0v) is 10.9. The van der Waals surface area contributed by atoms with Gasteiger partial charge in [0.05, 0.1) is 11.8 Å². The van der Waals surface area contributed by atoms with E-state index in [2.05, 4.69) is 15.3 Å². The van der Waals surface area contributed by atoms with E-state index in [9.17, 15) is 9.59 Å². The van der Waals surface area contributed by atoms with Crippen molar-refractivity contribution in [2.45, 2.75) is 6.92 Å². The Morgan fingerprint density at radius 3 is 2.80 bits per heavy atom. The first-order valence-corrected chi connectivity index (χ1v) is 6.20. The predicted molar refractivity (Wildman–Crippen MR) is 71.0 cm³/mol. The number of pyridine rings is 2. The summed E-state index contributed by atoms with van der Waals surface area (Å²) in [4.78, 5) is 32.3. The molecular weight excluding hydrogens is 256 g/mol. The fourth-order valence-electron chi connectivity index (χ4n) is 2.03. The Morgan fingerprint density at radius 1 is 1.25 bits per heavy atom. The maximum absolute atomic E-state index is 12.1. The number of carbonyl (C=O) groups is 2. The third-order valence-electron chi connectivity index (χ3n) is 3.13. The fourth-order valence-corrected chi connectivity index (χ4v) is 2.03. The van der Waals surface area contributed by atoms with Crippen LogP contribution in [0.2, 0.25) is 0 Å². The van der Waals surface area contributed by atoms with Crippen molar-refractivity contribution in [1.82, 2.24) is 9.88 Å². The topological polar surface area (TPSA) is 76.4 Å². The molecule has 0 saturated carbocycles. The Morgan fingerprint density at radius 2 is 2.10 bits per heavy atom. The number of hydrogen-bond acceptors (Lipinski definition) is 4. The maximum atomic E-state index is 12.1. The molecule has 0 radical (unpaired) electrons. The van der Waals surface area contributed by atoms with E-state index in [1.807, 2.05) is 25.3 Å². The normalized spacial score (nSPS) is 13.6. The minimum Gasteiger partial charge on any atom is -0.268 e. The van der Waals surface area contributed by atoms with Gasteiger partial charge >= 0.3 is 0 Å². The highest BCUT2D eigenvalue weighted by atomic mass is 16.2. The fraction of sp³-hybridized carbons (Fsp3) is 0.143. The van der Waals surface area contributed by atoms with Crippen LogP contribution in [0.15, 0.2) is 36.7 Å². The minimum absolute atomic E-state index is 0.105. The number of amides is 2. The molecule has 6 nitrogen and oxygen atoms in total. The molecule has 0 fully saturated rings. The monoisotopic (exact) mass is 269 g/mol. The van der Waals surface area contributed by atoms with Crippen LogP contribution in [0.25, 0.3) is 0 Å². The summed E-state index contributed by atoms with van der Waals surface area (Å²) in [7, 11) is 0. The second kappa shape index (κ2) is 4.73. The first-order valence-electron chi connectivity index (χ1n) is 6.20. The van der Waals surface area contributed by atoms with Crippen molar-refractivity contribution < 1.29 is 14.6 Å². The number of carbonyl (C=O) groups excluding carboxylic acids is 2. The molecule has 0 aromatic carbocycles. The Balaban J connectivity index is 1.75. The molecule has 0 unspecified atom stereocenters. The van der Waals surface area contributed by atoms with Gasteiger partial charge in [0.25, 0.3) is 17.6 Å². The van der Waals surface area contributed by atoms with Gasteiger partial charge in [-0.3, -0.25) is 19.9 Å². The van der Waals surface area contributed by atoms with Crippen molar-refractivity contribution in [1.29, 1.82) is 0 Å². The van der Waals surface area contributed by atoms with Crippen molar-refractivity contribution >= 4 is 17.6 Å². The van der Waals surface area contributed by atoms with Crippen molar-refractivity contribution in [2.75, 3.05) is 12.0 Å². The van der Waals surface area contributed by atoms with Crippen LogP contribution in [-0.2, 0) is 0 Å². The van der Waals surface area contributed by atoms with Crippen LogP contribution in [0.5, 0.6) is 0 Å². The largest absolute Gasteiger partial charge is 0.283 e. The van der Waals surface area contributed by atoms with Crippen LogP contribution in [0.3, 0.4) is 0 Å². The van der Waals surface area contributed by atoms with Gasteiger partial charge in [-0.15, -0.1) is 0 Å². The smallest absolute Gasteiger partial charge is 0.268 e. The molecule has 6 heteroatoms. The number of anilines is 1. The van der Waals surface area contributed by atoms with Gasteiger partial charge in [-0.05, 0) is 30.7 Å². The summed E-state index contributed by atoms with van der Waals surface area (Å²) >= 11 is 0. The summed E-state index contributed by atoms with van der Waals surface area (Å²) in [5, 5.41) is 3.01. The van der Waals surface area contributed by atoms with Gasteiger partial charge in [0.15, 0.2) is 6.67 Å². The number of aromatic nitrogens is 2. The molecule has 0 bridgehead atoms. The van der Waals surface area contributed by atoms with Gasteiger partial charge in [-0.2, -0.15) is 0 Å². The third kappa shape index (κ3) is 2.01. The van der Waals surface area contributed by atoms with Gasteiger partial charge < -0.3 is 0 Å². The molecule has 2 N–H and O–H groups in total. The summed E-state index contributed by atoms with van der Waals surface area (Å²) in [6.07, 6.45) is 3.35. The van der Waals surface area contributed by atoms with E-state index in [1.54, 1.807) is 12.1 Å². The van der Waals surface area contributed by atoms with Crippen LogP contribution in [0, 0.1) is 6.92 Å². The van der Waals surface area contributed by atoms with E-state index in [-0.39, 0.29) is 24.2 Å². The van der Waals surface area contributed by atoms with Crippen LogP contribution in [0.1, 0.15) is 26.4 Å². The number of aromatic amines is 1. The van der Waals surface area contributed by atoms with Crippen molar-refractivity contribution in [2.24, 2.45) is 0 Å². The van der Waals surface area contributed by atoms with Gasteiger partial charge in [-0.25, -0.2) is 9.88 Å². The molecule has 100 valence electrons. The minimum atomic E-state index is -0.370. The van der Waals surface area contributed by atoms with E-state index in [4.69, 9.17) is 0 Å². The third-order valence-corrected chi connectivity index (χ3v) is 3.13. The second-order valence-electron chi connectivity index (χ2n) is 4.55. The summed E-state index contributed by atoms with van der Waals surface area (Å²) < 4.78 is 0. The Bertz CT molecular complexity index is 647. The number of imide groups is 1. The lowest BCUT2D eigenvalue weighted by atomic mass is 10.2. The first kappa shape index (κ1) is 12.3. The molecule has 2 amide bonds. The first-order chi connectivity index (χ1) is 9.66. The number of fused-ring (bicyclic) bond motifs is 1. The lowest BCUT2D eigenvalue weighted by molar-refractivity contribution is -0.361. The lowest BCUT2D eigenvalue weighted by Crippen LogP contribution is -2.35. The maximum Gasteiger partial charge on any atom is 0.283 e. The lowest BCUT2D eigenvalue weighted by Gasteiger charge is -2.10. The van der Waals surface area contributed by atoms with Crippen LogP contribution < -0.4 is 10.3 Å². The van der Waals surface area contributed by atoms with Gasteiger partial charge in [0.2, 0.25) is 0 Å². The molecule has 0 atom stereocenters. The molecule has 0 spiro atoms. The van der Waals surface area contributed by atoms with E-state index in [1.165, 1.54) is 6.20 Å². The van der Waals surface area contributed by atoms with E-state index in [0.29, 0.717) is 5.56 Å². The number of hydrogen-bond donors (Lipinski definition) is 1. The molecule has 1 aliphatic rings. The molecule has 2 aromatic rings. The molecule has 20 heavy (non-hydrogen) atoms. The molecule has 1 aliphatic heterocycles. The summed E-state index contributed by atoms with van der Waals surface area (Å²) in [5.74, 6) is 0.0445. The average Bonchev–Trinajstić information content (AvgIpc) is 2.71. The van der Waals surface area contributed by atoms with E-state index in [0.717, 1.165) is 16.3 Å². The Kier molecular flexibility index (Phi) is 2.90.